The Hall–Kier alpha value is -0.200. The molecule has 2 rings (SSSR count). The molecule has 0 aromatic heterocycles. The van der Waals surface area contributed by atoms with Crippen LogP contribution in [-0.2, 0) is 4.74 Å². The lowest BCUT2D eigenvalue weighted by atomic mass is 9.77. The molecule has 0 aromatic carbocycles. The molecule has 1 unspecified atom stereocenters. The van der Waals surface area contributed by atoms with E-state index in [4.69, 9.17) is 9.84 Å². The summed E-state index contributed by atoms with van der Waals surface area (Å²) in [5, 5.41) is 28.2. The number of ether oxygens (including phenoxy) is 1. The molecule has 1 heterocycles. The van der Waals surface area contributed by atoms with Crippen molar-refractivity contribution in [2.75, 3.05) is 26.3 Å². The summed E-state index contributed by atoms with van der Waals surface area (Å²) in [4.78, 5) is 1.94. The first-order valence-electron chi connectivity index (χ1n) is 7.34. The van der Waals surface area contributed by atoms with Gasteiger partial charge in [0.1, 0.15) is 0 Å². The molecular weight excluding hydrogens is 246 g/mol. The molecule has 3 N–H and O–H groups in total. The number of likely N-dealkylation sites (tertiary alicyclic amines) is 1. The lowest BCUT2D eigenvalue weighted by molar-refractivity contribution is -0.239. The van der Waals surface area contributed by atoms with Crippen LogP contribution in [0.25, 0.3) is 0 Å². The lowest BCUT2D eigenvalue weighted by Gasteiger charge is -2.41. The van der Waals surface area contributed by atoms with E-state index in [0.717, 1.165) is 51.6 Å². The van der Waals surface area contributed by atoms with E-state index in [1.807, 2.05) is 4.90 Å². The van der Waals surface area contributed by atoms with Crippen LogP contribution in [0.5, 0.6) is 0 Å². The summed E-state index contributed by atoms with van der Waals surface area (Å²) < 4.78 is 5.58. The SMILES string of the molecule is CC1(CCCO)CCN(C(O)OC2(CO)CC2)CC1. The summed E-state index contributed by atoms with van der Waals surface area (Å²) in [6, 6.07) is 0. The van der Waals surface area contributed by atoms with Crippen molar-refractivity contribution in [2.45, 2.75) is 57.5 Å². The molecule has 0 amide bonds. The molecule has 1 aliphatic heterocycles. The van der Waals surface area contributed by atoms with Gasteiger partial charge < -0.3 is 20.1 Å². The highest BCUT2D eigenvalue weighted by atomic mass is 16.6. The van der Waals surface area contributed by atoms with E-state index >= 15 is 0 Å². The van der Waals surface area contributed by atoms with Gasteiger partial charge in [0.25, 0.3) is 0 Å². The second-order valence-corrected chi connectivity index (χ2v) is 6.46. The first-order chi connectivity index (χ1) is 9.02. The number of rotatable bonds is 7. The Labute approximate surface area is 115 Å². The summed E-state index contributed by atoms with van der Waals surface area (Å²) in [5.41, 5.74) is -0.204. The second-order valence-electron chi connectivity index (χ2n) is 6.46. The van der Waals surface area contributed by atoms with Gasteiger partial charge in [-0.25, -0.2) is 0 Å². The third-order valence-electron chi connectivity index (χ3n) is 4.71. The van der Waals surface area contributed by atoms with E-state index in [1.54, 1.807) is 0 Å². The number of hydrogen-bond donors (Lipinski definition) is 3. The molecule has 1 aliphatic carbocycles. The minimum absolute atomic E-state index is 0.00782. The first-order valence-corrected chi connectivity index (χ1v) is 7.34. The van der Waals surface area contributed by atoms with Gasteiger partial charge in [-0.05, 0) is 43.9 Å². The number of aliphatic hydroxyl groups excluding tert-OH is 3. The molecular formula is C14H27NO4. The summed E-state index contributed by atoms with van der Waals surface area (Å²) in [5.74, 6) is 0. The Morgan fingerprint density at radius 1 is 1.16 bits per heavy atom. The van der Waals surface area contributed by atoms with Gasteiger partial charge in [-0.2, -0.15) is 0 Å². The fourth-order valence-corrected chi connectivity index (χ4v) is 2.79. The van der Waals surface area contributed by atoms with Crippen molar-refractivity contribution in [1.29, 1.82) is 0 Å². The third kappa shape index (κ3) is 3.89. The maximum atomic E-state index is 10.1. The molecule has 1 saturated heterocycles. The maximum Gasteiger partial charge on any atom is 0.216 e. The molecule has 1 saturated carbocycles. The Morgan fingerprint density at radius 3 is 2.26 bits per heavy atom. The van der Waals surface area contributed by atoms with Gasteiger partial charge in [-0.1, -0.05) is 6.92 Å². The molecule has 2 fully saturated rings. The van der Waals surface area contributed by atoms with Gasteiger partial charge in [0.05, 0.1) is 12.2 Å². The van der Waals surface area contributed by atoms with E-state index in [2.05, 4.69) is 6.92 Å². The quantitative estimate of drug-likeness (QED) is 0.595. The molecule has 1 atom stereocenters. The molecule has 0 radical (unpaired) electrons. The van der Waals surface area contributed by atoms with Crippen LogP contribution < -0.4 is 0 Å². The summed E-state index contributed by atoms with van der Waals surface area (Å²) in [6.07, 6.45) is 4.69. The summed E-state index contributed by atoms with van der Waals surface area (Å²) in [7, 11) is 0. The summed E-state index contributed by atoms with van der Waals surface area (Å²) >= 11 is 0. The van der Waals surface area contributed by atoms with Crippen LogP contribution in [0.1, 0.15) is 45.4 Å². The van der Waals surface area contributed by atoms with Crippen LogP contribution in [0.15, 0.2) is 0 Å². The second kappa shape index (κ2) is 6.06. The monoisotopic (exact) mass is 273 g/mol. The molecule has 0 bridgehead atoms. The van der Waals surface area contributed by atoms with Gasteiger partial charge in [0.2, 0.25) is 6.41 Å². The van der Waals surface area contributed by atoms with E-state index < -0.39 is 12.0 Å². The van der Waals surface area contributed by atoms with E-state index in [9.17, 15) is 10.2 Å². The molecule has 2 aliphatic rings. The van der Waals surface area contributed by atoms with Crippen molar-refractivity contribution in [3.05, 3.63) is 0 Å². The highest BCUT2D eigenvalue weighted by Crippen LogP contribution is 2.41. The molecule has 19 heavy (non-hydrogen) atoms. The van der Waals surface area contributed by atoms with Crippen LogP contribution in [0, 0.1) is 5.41 Å². The van der Waals surface area contributed by atoms with Gasteiger partial charge in [-0.3, -0.25) is 4.90 Å². The van der Waals surface area contributed by atoms with Gasteiger partial charge in [0, 0.05) is 19.7 Å². The van der Waals surface area contributed by atoms with Crippen LogP contribution in [0.3, 0.4) is 0 Å². The van der Waals surface area contributed by atoms with E-state index in [1.165, 1.54) is 0 Å². The third-order valence-corrected chi connectivity index (χ3v) is 4.71. The Bertz CT molecular complexity index is 285. The number of hydrogen-bond acceptors (Lipinski definition) is 5. The smallest absolute Gasteiger partial charge is 0.216 e. The fourth-order valence-electron chi connectivity index (χ4n) is 2.79. The van der Waals surface area contributed by atoms with E-state index in [-0.39, 0.29) is 18.6 Å². The zero-order valence-corrected chi connectivity index (χ0v) is 11.8. The van der Waals surface area contributed by atoms with Gasteiger partial charge in [-0.15, -0.1) is 0 Å². The molecule has 112 valence electrons. The predicted molar refractivity (Wildman–Crippen MR) is 71.4 cm³/mol. The van der Waals surface area contributed by atoms with Gasteiger partial charge >= 0.3 is 0 Å². The largest absolute Gasteiger partial charge is 0.396 e. The minimum Gasteiger partial charge on any atom is -0.396 e. The highest BCUT2D eigenvalue weighted by molar-refractivity contribution is 4.95. The Kier molecular flexibility index (Phi) is 4.84. The summed E-state index contributed by atoms with van der Waals surface area (Å²) in [6.45, 7) is 4.12. The fraction of sp³-hybridized carbons (Fsp3) is 1.00. The number of piperidine rings is 1. The van der Waals surface area contributed by atoms with Crippen molar-refractivity contribution in [2.24, 2.45) is 5.41 Å². The standard InChI is InChI=1S/C14H27NO4/c1-13(3-2-10-16)6-8-15(9-7-13)12(18)19-14(11-17)4-5-14/h12,16-18H,2-11H2,1H3. The van der Waals surface area contributed by atoms with Crippen LogP contribution >= 0.6 is 0 Å². The molecule has 0 aromatic rings. The highest BCUT2D eigenvalue weighted by Gasteiger charge is 2.46. The van der Waals surface area contributed by atoms with Crippen LogP contribution in [0.2, 0.25) is 0 Å². The lowest BCUT2D eigenvalue weighted by Crippen LogP contribution is -2.47. The van der Waals surface area contributed by atoms with Crippen LogP contribution in [0.4, 0.5) is 0 Å². The Balaban J connectivity index is 1.76. The zero-order valence-electron chi connectivity index (χ0n) is 11.8. The molecule has 5 nitrogen and oxygen atoms in total. The molecule has 0 spiro atoms. The number of aliphatic hydroxyl groups is 3. The maximum absolute atomic E-state index is 10.1. The average molecular weight is 273 g/mol. The topological polar surface area (TPSA) is 73.2 Å². The van der Waals surface area contributed by atoms with Crippen LogP contribution in [-0.4, -0.2) is 58.5 Å². The Morgan fingerprint density at radius 2 is 1.79 bits per heavy atom. The van der Waals surface area contributed by atoms with Crippen molar-refractivity contribution < 1.29 is 20.1 Å². The normalized spacial score (nSPS) is 27.2. The van der Waals surface area contributed by atoms with Crippen molar-refractivity contribution in [1.82, 2.24) is 4.90 Å². The average Bonchev–Trinajstić information content (AvgIpc) is 3.17. The van der Waals surface area contributed by atoms with Crippen molar-refractivity contribution in [3.63, 3.8) is 0 Å². The zero-order chi connectivity index (χ0) is 13.9. The molecule has 5 heteroatoms. The first kappa shape index (κ1) is 15.2. The van der Waals surface area contributed by atoms with Gasteiger partial charge in [0.15, 0.2) is 0 Å². The number of nitrogens with zero attached hydrogens (tertiary/aromatic N) is 1. The van der Waals surface area contributed by atoms with Crippen molar-refractivity contribution in [3.8, 4) is 0 Å². The van der Waals surface area contributed by atoms with Crippen molar-refractivity contribution >= 4 is 0 Å². The minimum atomic E-state index is -0.892. The van der Waals surface area contributed by atoms with E-state index in [0.29, 0.717) is 0 Å². The predicted octanol–water partition coefficient (Wildman–Crippen LogP) is 0.678.